The van der Waals surface area contributed by atoms with Gasteiger partial charge in [-0.1, -0.05) is 72.8 Å². The third-order valence-electron chi connectivity index (χ3n) is 4.56. The van der Waals surface area contributed by atoms with E-state index in [9.17, 15) is 0 Å². The first kappa shape index (κ1) is 23.0. The molecule has 4 heteroatoms. The van der Waals surface area contributed by atoms with Crippen LogP contribution in [0.2, 0.25) is 0 Å². The molecule has 0 radical (unpaired) electrons. The maximum atomic E-state index is 5.74. The number of nitrogens with one attached hydrogen (secondary N) is 1. The molecule has 2 nitrogen and oxygen atoms in total. The van der Waals surface area contributed by atoms with E-state index in [1.165, 1.54) is 16.7 Å². The molecule has 0 aliphatic rings. The largest absolute Gasteiger partial charge is 0.399 e. The number of anilines is 1. The fourth-order valence-electron chi connectivity index (χ4n) is 3.13. The number of halogens is 2. The first-order valence-corrected chi connectivity index (χ1v) is 8.95. The van der Waals surface area contributed by atoms with Crippen LogP contribution >= 0.6 is 24.8 Å². The molecule has 3 N–H and O–H groups in total. The van der Waals surface area contributed by atoms with Gasteiger partial charge in [0.05, 0.1) is 0 Å². The number of rotatable bonds is 8. The summed E-state index contributed by atoms with van der Waals surface area (Å²) in [5.41, 5.74) is 10.7. The van der Waals surface area contributed by atoms with Crippen LogP contribution in [0, 0.1) is 0 Å². The second-order valence-electron chi connectivity index (χ2n) is 6.49. The summed E-state index contributed by atoms with van der Waals surface area (Å²) in [4.78, 5) is 0. The molecule has 0 bridgehead atoms. The molecular formula is C23H28Cl2N2. The van der Waals surface area contributed by atoms with Crippen molar-refractivity contribution in [3.8, 4) is 0 Å². The highest BCUT2D eigenvalue weighted by molar-refractivity contribution is 5.85. The Balaban J connectivity index is 0.00000182. The lowest BCUT2D eigenvalue weighted by atomic mass is 9.92. The second kappa shape index (κ2) is 12.4. The van der Waals surface area contributed by atoms with E-state index in [0.717, 1.165) is 31.6 Å². The zero-order valence-corrected chi connectivity index (χ0v) is 17.0. The molecular weight excluding hydrogens is 375 g/mol. The van der Waals surface area contributed by atoms with Gasteiger partial charge in [-0.05, 0) is 48.2 Å². The van der Waals surface area contributed by atoms with Crippen LogP contribution < -0.4 is 11.1 Å². The van der Waals surface area contributed by atoms with Crippen LogP contribution in [0.5, 0.6) is 0 Å². The zero-order chi connectivity index (χ0) is 17.3. The standard InChI is InChI=1S/C23H26N2.2ClH/c24-23-13-11-19(12-14-23)15-16-25-18-22(21-9-5-2-6-10-21)17-20-7-3-1-4-8-20;;/h1-14,22,25H,15-18,24H2;2*1H. The van der Waals surface area contributed by atoms with Crippen molar-refractivity contribution < 1.29 is 0 Å². The number of benzene rings is 3. The molecule has 0 aliphatic heterocycles. The van der Waals surface area contributed by atoms with Crippen LogP contribution in [-0.4, -0.2) is 13.1 Å². The van der Waals surface area contributed by atoms with Gasteiger partial charge in [0.2, 0.25) is 0 Å². The van der Waals surface area contributed by atoms with Gasteiger partial charge in [-0.25, -0.2) is 0 Å². The molecule has 0 aromatic heterocycles. The van der Waals surface area contributed by atoms with E-state index in [1.54, 1.807) is 0 Å². The monoisotopic (exact) mass is 402 g/mol. The van der Waals surface area contributed by atoms with Gasteiger partial charge in [-0.2, -0.15) is 0 Å². The Kier molecular flexibility index (Phi) is 10.6. The van der Waals surface area contributed by atoms with Crippen molar-refractivity contribution in [2.45, 2.75) is 18.8 Å². The maximum Gasteiger partial charge on any atom is 0.0314 e. The molecule has 0 aliphatic carbocycles. The minimum Gasteiger partial charge on any atom is -0.399 e. The van der Waals surface area contributed by atoms with Crippen LogP contribution in [0.25, 0.3) is 0 Å². The van der Waals surface area contributed by atoms with Crippen molar-refractivity contribution in [2.75, 3.05) is 18.8 Å². The van der Waals surface area contributed by atoms with Gasteiger partial charge in [-0.3, -0.25) is 0 Å². The Morgan fingerprint density at radius 2 is 1.30 bits per heavy atom. The van der Waals surface area contributed by atoms with Crippen molar-refractivity contribution in [3.63, 3.8) is 0 Å². The van der Waals surface area contributed by atoms with Crippen LogP contribution in [0.3, 0.4) is 0 Å². The quantitative estimate of drug-likeness (QED) is 0.397. The second-order valence-corrected chi connectivity index (χ2v) is 6.49. The first-order valence-electron chi connectivity index (χ1n) is 8.95. The summed E-state index contributed by atoms with van der Waals surface area (Å²) in [7, 11) is 0. The molecule has 0 saturated heterocycles. The van der Waals surface area contributed by atoms with Gasteiger partial charge in [0, 0.05) is 18.2 Å². The normalized spacial score (nSPS) is 11.1. The predicted molar refractivity (Wildman–Crippen MR) is 121 cm³/mol. The summed E-state index contributed by atoms with van der Waals surface area (Å²) in [6.45, 7) is 1.95. The average molecular weight is 403 g/mol. The summed E-state index contributed by atoms with van der Waals surface area (Å²) in [6.07, 6.45) is 2.08. The van der Waals surface area contributed by atoms with E-state index in [-0.39, 0.29) is 24.8 Å². The molecule has 3 rings (SSSR count). The molecule has 0 fully saturated rings. The topological polar surface area (TPSA) is 38.0 Å². The average Bonchev–Trinajstić information content (AvgIpc) is 2.67. The maximum absolute atomic E-state index is 5.74. The highest BCUT2D eigenvalue weighted by atomic mass is 35.5. The van der Waals surface area contributed by atoms with Crippen molar-refractivity contribution >= 4 is 30.5 Å². The zero-order valence-electron chi connectivity index (χ0n) is 15.4. The summed E-state index contributed by atoms with van der Waals surface area (Å²) in [6, 6.07) is 29.7. The van der Waals surface area contributed by atoms with Crippen LogP contribution in [0.15, 0.2) is 84.9 Å². The van der Waals surface area contributed by atoms with E-state index >= 15 is 0 Å². The molecule has 0 spiro atoms. The lowest BCUT2D eigenvalue weighted by molar-refractivity contribution is 0.581. The molecule has 1 unspecified atom stereocenters. The van der Waals surface area contributed by atoms with Gasteiger partial charge in [-0.15, -0.1) is 24.8 Å². The van der Waals surface area contributed by atoms with Gasteiger partial charge >= 0.3 is 0 Å². The molecule has 27 heavy (non-hydrogen) atoms. The van der Waals surface area contributed by atoms with Crippen molar-refractivity contribution in [1.29, 1.82) is 0 Å². The highest BCUT2D eigenvalue weighted by Crippen LogP contribution is 2.20. The van der Waals surface area contributed by atoms with E-state index in [0.29, 0.717) is 5.92 Å². The Hall–Kier alpha value is -2.00. The molecule has 0 saturated carbocycles. The summed E-state index contributed by atoms with van der Waals surface area (Å²) < 4.78 is 0. The van der Waals surface area contributed by atoms with E-state index < -0.39 is 0 Å². The number of hydrogen-bond donors (Lipinski definition) is 2. The van der Waals surface area contributed by atoms with E-state index in [4.69, 9.17) is 5.73 Å². The molecule has 3 aromatic carbocycles. The molecule has 144 valence electrons. The van der Waals surface area contributed by atoms with Crippen molar-refractivity contribution in [1.82, 2.24) is 5.32 Å². The molecule has 0 heterocycles. The summed E-state index contributed by atoms with van der Waals surface area (Å²) in [5, 5.41) is 3.64. The fourth-order valence-corrected chi connectivity index (χ4v) is 3.13. The minimum atomic E-state index is 0. The SMILES string of the molecule is Cl.Cl.Nc1ccc(CCNCC(Cc2ccccc2)c2ccccc2)cc1. The summed E-state index contributed by atoms with van der Waals surface area (Å²) >= 11 is 0. The smallest absolute Gasteiger partial charge is 0.0314 e. The van der Waals surface area contributed by atoms with Crippen LogP contribution in [0.1, 0.15) is 22.6 Å². The Bertz CT molecular complexity index is 746. The van der Waals surface area contributed by atoms with Crippen molar-refractivity contribution in [2.24, 2.45) is 0 Å². The number of nitrogen functional groups attached to an aromatic ring is 1. The van der Waals surface area contributed by atoms with Gasteiger partial charge in [0.15, 0.2) is 0 Å². The predicted octanol–water partition coefficient (Wildman–Crippen LogP) is 5.27. The lowest BCUT2D eigenvalue weighted by Gasteiger charge is -2.18. The highest BCUT2D eigenvalue weighted by Gasteiger charge is 2.11. The third-order valence-corrected chi connectivity index (χ3v) is 4.56. The molecule has 1 atom stereocenters. The Morgan fingerprint density at radius 3 is 1.93 bits per heavy atom. The lowest BCUT2D eigenvalue weighted by Crippen LogP contribution is -2.25. The Morgan fingerprint density at radius 1 is 0.704 bits per heavy atom. The molecule has 3 aromatic rings. The van der Waals surface area contributed by atoms with Crippen LogP contribution in [-0.2, 0) is 12.8 Å². The van der Waals surface area contributed by atoms with E-state index in [1.807, 2.05) is 12.1 Å². The van der Waals surface area contributed by atoms with Crippen LogP contribution in [0.4, 0.5) is 5.69 Å². The van der Waals surface area contributed by atoms with E-state index in [2.05, 4.69) is 78.1 Å². The van der Waals surface area contributed by atoms with Gasteiger partial charge < -0.3 is 11.1 Å². The Labute approximate surface area is 175 Å². The molecule has 0 amide bonds. The number of hydrogen-bond acceptors (Lipinski definition) is 2. The minimum absolute atomic E-state index is 0. The third kappa shape index (κ3) is 7.64. The number of nitrogens with two attached hydrogens (primary N) is 1. The first-order chi connectivity index (χ1) is 12.3. The van der Waals surface area contributed by atoms with Gasteiger partial charge in [0.1, 0.15) is 0 Å². The van der Waals surface area contributed by atoms with Crippen molar-refractivity contribution in [3.05, 3.63) is 102 Å². The summed E-state index contributed by atoms with van der Waals surface area (Å²) in [5.74, 6) is 0.481. The fraction of sp³-hybridized carbons (Fsp3) is 0.217. The van der Waals surface area contributed by atoms with Gasteiger partial charge in [0.25, 0.3) is 0 Å².